The number of carbonyl (C=O) groups excluding carboxylic acids is 11. The number of aliphatic hydroxyl groups excluding tert-OH is 2. The Bertz CT molecular complexity index is 2920. The fourth-order valence-corrected chi connectivity index (χ4v) is 14.5. The molecule has 0 aromatic heterocycles. The smallest absolute Gasteiger partial charge is 0.306 e. The molecule has 1 aliphatic heterocycles. The number of amides is 8. The van der Waals surface area contributed by atoms with E-state index in [4.69, 9.17) is 21.9 Å². The van der Waals surface area contributed by atoms with Crippen LogP contribution < -0.4 is 59.7 Å². The first-order valence-electron chi connectivity index (χ1n) is 32.4. The van der Waals surface area contributed by atoms with E-state index in [-0.39, 0.29) is 102 Å². The second-order valence-electron chi connectivity index (χ2n) is 26.4. The Morgan fingerprint density at radius 2 is 1.26 bits per heavy atom. The first-order chi connectivity index (χ1) is 43.5. The van der Waals surface area contributed by atoms with E-state index in [0.717, 1.165) is 0 Å². The lowest BCUT2D eigenvalue weighted by Crippen LogP contribution is -2.69. The lowest BCUT2D eigenvalue weighted by molar-refractivity contribution is -0.220. The highest BCUT2D eigenvalue weighted by molar-refractivity contribution is 6.01. The summed E-state index contributed by atoms with van der Waals surface area (Å²) in [6.07, 6.45) is 2.45. The van der Waals surface area contributed by atoms with Gasteiger partial charge in [0, 0.05) is 42.6 Å². The summed E-state index contributed by atoms with van der Waals surface area (Å²) in [6, 6.07) is -1.11. The number of rotatable bonds is 22. The van der Waals surface area contributed by atoms with Crippen molar-refractivity contribution in [2.75, 3.05) is 32.8 Å². The number of nitrogens with two attached hydrogens (primary N) is 3. The van der Waals surface area contributed by atoms with E-state index in [1.165, 1.54) is 25.2 Å². The van der Waals surface area contributed by atoms with Crippen LogP contribution in [0.2, 0.25) is 0 Å². The van der Waals surface area contributed by atoms with E-state index in [1.54, 1.807) is 65.0 Å². The fraction of sp³-hybridized carbons (Fsp3) is 0.677. The van der Waals surface area contributed by atoms with Crippen LogP contribution in [-0.4, -0.2) is 179 Å². The lowest BCUT2D eigenvalue weighted by Gasteiger charge is -2.62. The maximum absolute atomic E-state index is 17.7. The number of aliphatic hydroxyl groups is 3. The number of fused-ring (bicyclic) bond motifs is 5. The molecular formula is C65H98FN11O15. The summed E-state index contributed by atoms with van der Waals surface area (Å²) in [7, 11) is 0. The summed E-state index contributed by atoms with van der Waals surface area (Å²) in [5.41, 5.74) is 12.2. The van der Waals surface area contributed by atoms with Crippen LogP contribution in [0.5, 0.6) is 0 Å². The number of ketones is 2. The molecule has 5 aliphatic rings. The molecule has 0 spiro atoms. The molecule has 8 amide bonds. The number of hydrogen-bond acceptors (Lipinski definition) is 18. The molecule has 17 N–H and O–H groups in total. The average Bonchev–Trinajstić information content (AvgIpc) is 1.34. The summed E-state index contributed by atoms with van der Waals surface area (Å²) in [5.74, 6) is -10.4. The van der Waals surface area contributed by atoms with Crippen LogP contribution in [0.15, 0.2) is 54.1 Å². The van der Waals surface area contributed by atoms with E-state index >= 15 is 4.39 Å². The number of esters is 1. The van der Waals surface area contributed by atoms with Crippen molar-refractivity contribution in [1.82, 2.24) is 42.5 Å². The van der Waals surface area contributed by atoms with Gasteiger partial charge in [0.15, 0.2) is 18.1 Å². The van der Waals surface area contributed by atoms with Gasteiger partial charge in [-0.25, -0.2) is 4.39 Å². The summed E-state index contributed by atoms with van der Waals surface area (Å²) in [5, 5.41) is 55.7. The number of allylic oxidation sites excluding steroid dienone is 4. The van der Waals surface area contributed by atoms with Crippen LogP contribution in [0, 0.1) is 34.5 Å². The number of benzene rings is 1. The van der Waals surface area contributed by atoms with Crippen molar-refractivity contribution in [2.45, 2.75) is 210 Å². The molecule has 0 unspecified atom stereocenters. The molecule has 0 radical (unpaired) electrons. The van der Waals surface area contributed by atoms with E-state index in [2.05, 4.69) is 42.5 Å². The Kier molecular flexibility index (Phi) is 26.3. The Morgan fingerprint density at radius 1 is 0.717 bits per heavy atom. The number of carbonyl (C=O) groups is 11. The van der Waals surface area contributed by atoms with Gasteiger partial charge in [0.25, 0.3) is 0 Å². The van der Waals surface area contributed by atoms with Gasteiger partial charge in [0.1, 0.15) is 47.9 Å². The maximum atomic E-state index is 17.7. The number of hydrogen-bond donors (Lipinski definition) is 14. The van der Waals surface area contributed by atoms with Crippen molar-refractivity contribution < 1.29 is 77.2 Å². The average molecular weight is 1290 g/mol. The Labute approximate surface area is 536 Å². The molecular weight excluding hydrogens is 1190 g/mol. The number of halogens is 1. The van der Waals surface area contributed by atoms with Gasteiger partial charge in [-0.2, -0.15) is 0 Å². The van der Waals surface area contributed by atoms with Gasteiger partial charge in [-0.3, -0.25) is 52.7 Å². The monoisotopic (exact) mass is 1290 g/mol. The summed E-state index contributed by atoms with van der Waals surface area (Å²) in [6.45, 7) is 8.49. The lowest BCUT2D eigenvalue weighted by atomic mass is 9.44. The molecule has 0 bridgehead atoms. The number of Topliss-reactive ketones (excluding diaryl/α,β-unsaturated/α-hetero) is 1. The van der Waals surface area contributed by atoms with E-state index in [9.17, 15) is 68.1 Å². The minimum Gasteiger partial charge on any atom is -0.458 e. The largest absolute Gasteiger partial charge is 0.458 e. The Hall–Kier alpha value is -7.04. The molecule has 6 rings (SSSR count). The molecule has 27 heteroatoms. The number of unbranched alkanes of at least 4 members (excludes halogenated alkanes) is 3. The molecule has 4 aliphatic carbocycles. The fourth-order valence-electron chi connectivity index (χ4n) is 14.5. The minimum atomic E-state index is -2.16. The van der Waals surface area contributed by atoms with Crippen LogP contribution in [0.3, 0.4) is 0 Å². The summed E-state index contributed by atoms with van der Waals surface area (Å²) < 4.78 is 23.1. The Balaban J connectivity index is 1.11. The molecule has 1 saturated heterocycles. The molecule has 26 nitrogen and oxygen atoms in total. The number of nitrogens with one attached hydrogen (secondary N) is 8. The van der Waals surface area contributed by atoms with Crippen molar-refractivity contribution in [1.29, 1.82) is 0 Å². The van der Waals surface area contributed by atoms with Gasteiger partial charge in [0.2, 0.25) is 53.0 Å². The second-order valence-corrected chi connectivity index (χ2v) is 26.4. The molecule has 3 saturated carbocycles. The SMILES string of the molecule is CC(C)C[C@@H]1NC(=O)[C@@H](Cc2ccccc2)NC(=O)[C@H](CCN)NC(=O)[C@@H](NC(=O)CCCCCCC(=O)OCC(=O)[C@@]2(O)[C@H](C)C[C@H]3[C@@H]4CCC5=CC(=O)C=C[C@]5(C)[C@@]4(F)[C@@H](O)C[C@@]32C)CCNC(=O)[C@H]([C@@H](C)O)NC(=O)[C@H](CCN)NC(=O)[C@H](CCN)NC1=O. The Morgan fingerprint density at radius 3 is 1.85 bits per heavy atom. The zero-order valence-corrected chi connectivity index (χ0v) is 53.8. The van der Waals surface area contributed by atoms with E-state index < -0.39 is 160 Å². The number of ether oxygens (including phenoxy) is 1. The third-order valence-corrected chi connectivity index (χ3v) is 19.5. The predicted molar refractivity (Wildman–Crippen MR) is 335 cm³/mol. The molecule has 16 atom stereocenters. The molecule has 1 aromatic rings. The van der Waals surface area contributed by atoms with Crippen molar-refractivity contribution in [3.05, 3.63) is 59.7 Å². The van der Waals surface area contributed by atoms with Gasteiger partial charge < -0.3 is 79.8 Å². The van der Waals surface area contributed by atoms with Crippen LogP contribution in [0.4, 0.5) is 4.39 Å². The topological polar surface area (TPSA) is 432 Å². The van der Waals surface area contributed by atoms with E-state index in [1.807, 2.05) is 0 Å². The summed E-state index contributed by atoms with van der Waals surface area (Å²) in [4.78, 5) is 152. The quantitative estimate of drug-likeness (QED) is 0.0510. The maximum Gasteiger partial charge on any atom is 0.306 e. The van der Waals surface area contributed by atoms with Gasteiger partial charge in [-0.05, 0) is 140 Å². The van der Waals surface area contributed by atoms with Crippen molar-refractivity contribution in [3.8, 4) is 0 Å². The zero-order chi connectivity index (χ0) is 67.9. The second kappa shape index (κ2) is 32.7. The highest BCUT2D eigenvalue weighted by atomic mass is 19.1. The third-order valence-electron chi connectivity index (χ3n) is 19.5. The van der Waals surface area contributed by atoms with Gasteiger partial charge >= 0.3 is 5.97 Å². The normalized spacial score (nSPS) is 33.0. The van der Waals surface area contributed by atoms with Crippen molar-refractivity contribution in [3.63, 3.8) is 0 Å². The van der Waals surface area contributed by atoms with Crippen molar-refractivity contribution >= 4 is 64.8 Å². The van der Waals surface area contributed by atoms with Crippen LogP contribution in [-0.2, 0) is 63.9 Å². The number of alkyl halides is 1. The van der Waals surface area contributed by atoms with Gasteiger partial charge in [-0.1, -0.05) is 82.5 Å². The summed E-state index contributed by atoms with van der Waals surface area (Å²) >= 11 is 0. The van der Waals surface area contributed by atoms with E-state index in [0.29, 0.717) is 49.7 Å². The minimum absolute atomic E-state index is 0.0709. The molecule has 510 valence electrons. The molecule has 92 heavy (non-hydrogen) atoms. The predicted octanol–water partition coefficient (Wildman–Crippen LogP) is -0.583. The van der Waals surface area contributed by atoms with Gasteiger partial charge in [0.05, 0.1) is 12.2 Å². The van der Waals surface area contributed by atoms with Crippen LogP contribution >= 0.6 is 0 Å². The van der Waals surface area contributed by atoms with Crippen LogP contribution in [0.1, 0.15) is 143 Å². The van der Waals surface area contributed by atoms with Crippen LogP contribution in [0.25, 0.3) is 0 Å². The zero-order valence-electron chi connectivity index (χ0n) is 53.8. The first kappa shape index (κ1) is 74.0. The molecule has 1 heterocycles. The third kappa shape index (κ3) is 17.2. The standard InChI is InChI=1S/C65H98FN11O15/c1-36(2)30-48-59(88)74-44(21-26-67)55(84)73-46(23-28-69)58(87)77-54(38(4)78)61(90)70-29-24-47(57(86)72-45(22-27-68)56(85)76-49(60(89)75-48)32-39-14-10-9-11-15-39)71-52(82)16-12-7-8-13-17-53(83)92-35-51(81)65(91)37(3)31-43-42-19-18-40-33-41(79)20-25-62(40,5)64(42,66)50(80)34-63(43,65)6/h9-11,14-15,20,25,33,36-38,42-50,54,78,80,91H,7-8,12-13,16-19,21-24,26-32,34-35,67-69H2,1-6H3,(H,70,90)(H,71,82)(H,72,86)(H,73,84)(H,74,88)(H,75,89)(H,76,85)(H,77,87)/t37-,38-,42+,43+,44+,45+,46+,47+,48+,49-,50+,54+,62+,63+,64+,65+/m1/s1. The molecule has 1 aromatic carbocycles. The first-order valence-corrected chi connectivity index (χ1v) is 32.4. The highest BCUT2D eigenvalue weighted by Crippen LogP contribution is 2.70. The highest BCUT2D eigenvalue weighted by Gasteiger charge is 2.75. The molecule has 4 fully saturated rings. The van der Waals surface area contributed by atoms with Gasteiger partial charge in [-0.15, -0.1) is 0 Å². The van der Waals surface area contributed by atoms with Crippen molar-refractivity contribution in [2.24, 2.45) is 51.7 Å².